The summed E-state index contributed by atoms with van der Waals surface area (Å²) in [7, 11) is 0. The fourth-order valence-corrected chi connectivity index (χ4v) is 2.20. The van der Waals surface area contributed by atoms with Crippen molar-refractivity contribution >= 4 is 28.8 Å². The Hall–Kier alpha value is -2.27. The van der Waals surface area contributed by atoms with Crippen molar-refractivity contribution in [3.05, 3.63) is 59.9 Å². The van der Waals surface area contributed by atoms with E-state index in [1.807, 2.05) is 37.3 Å². The minimum atomic E-state index is -0.532. The largest absolute Gasteiger partial charge is 0.393 e. The van der Waals surface area contributed by atoms with E-state index in [9.17, 15) is 4.79 Å². The highest BCUT2D eigenvalue weighted by Crippen LogP contribution is 2.16. The van der Waals surface area contributed by atoms with Crippen molar-refractivity contribution in [2.75, 3.05) is 5.32 Å². The van der Waals surface area contributed by atoms with Crippen LogP contribution in [0.15, 0.2) is 48.8 Å². The molecular weight excluding hydrogens is 282 g/mol. The average molecular weight is 299 g/mol. The normalized spacial score (nSPS) is 11.7. The number of benzene rings is 1. The maximum absolute atomic E-state index is 12.4. The number of carbonyl (C=O) groups excluding carboxylic acids is 1. The van der Waals surface area contributed by atoms with Gasteiger partial charge in [0.05, 0.1) is 10.9 Å². The first-order chi connectivity index (χ1) is 10.1. The van der Waals surface area contributed by atoms with Crippen molar-refractivity contribution in [3.63, 3.8) is 0 Å². The molecular formula is C16H17N3OS. The van der Waals surface area contributed by atoms with Crippen molar-refractivity contribution in [2.45, 2.75) is 13.3 Å². The summed E-state index contributed by atoms with van der Waals surface area (Å²) in [5.74, 6) is -0.726. The van der Waals surface area contributed by atoms with Crippen LogP contribution in [0.2, 0.25) is 0 Å². The van der Waals surface area contributed by atoms with Crippen LogP contribution in [0, 0.1) is 12.8 Å². The third-order valence-corrected chi connectivity index (χ3v) is 3.51. The molecule has 4 nitrogen and oxygen atoms in total. The van der Waals surface area contributed by atoms with Crippen LogP contribution < -0.4 is 11.1 Å². The Bertz CT molecular complexity index is 643. The molecule has 21 heavy (non-hydrogen) atoms. The van der Waals surface area contributed by atoms with Crippen LogP contribution in [0.1, 0.15) is 11.1 Å². The lowest BCUT2D eigenvalue weighted by Crippen LogP contribution is -2.35. The zero-order chi connectivity index (χ0) is 15.2. The summed E-state index contributed by atoms with van der Waals surface area (Å²) in [6.07, 6.45) is 3.82. The number of hydrogen-bond donors (Lipinski definition) is 2. The van der Waals surface area contributed by atoms with E-state index < -0.39 is 5.92 Å². The van der Waals surface area contributed by atoms with E-state index in [1.165, 1.54) is 0 Å². The maximum atomic E-state index is 12.4. The molecule has 0 radical (unpaired) electrons. The van der Waals surface area contributed by atoms with Crippen molar-refractivity contribution < 1.29 is 4.79 Å². The topological polar surface area (TPSA) is 68.0 Å². The van der Waals surface area contributed by atoms with Crippen LogP contribution >= 0.6 is 12.2 Å². The summed E-state index contributed by atoms with van der Waals surface area (Å²) < 4.78 is 0. The number of nitrogens with one attached hydrogen (secondary N) is 1. The smallest absolute Gasteiger partial charge is 0.234 e. The third kappa shape index (κ3) is 4.10. The van der Waals surface area contributed by atoms with E-state index in [2.05, 4.69) is 10.3 Å². The highest BCUT2D eigenvalue weighted by Gasteiger charge is 2.22. The van der Waals surface area contributed by atoms with E-state index in [-0.39, 0.29) is 10.9 Å². The summed E-state index contributed by atoms with van der Waals surface area (Å²) in [6.45, 7) is 1.88. The highest BCUT2D eigenvalue weighted by molar-refractivity contribution is 7.80. The number of aromatic nitrogens is 1. The average Bonchev–Trinajstić information content (AvgIpc) is 2.48. The summed E-state index contributed by atoms with van der Waals surface area (Å²) in [5, 5.41) is 2.87. The van der Waals surface area contributed by atoms with Gasteiger partial charge in [0.2, 0.25) is 5.91 Å². The minimum absolute atomic E-state index is 0.194. The molecule has 0 spiro atoms. The molecule has 0 aliphatic rings. The molecule has 0 bridgehead atoms. The quantitative estimate of drug-likeness (QED) is 0.832. The Morgan fingerprint density at radius 2 is 2.05 bits per heavy atom. The second kappa shape index (κ2) is 6.95. The molecule has 0 saturated heterocycles. The molecule has 2 aromatic rings. The monoisotopic (exact) mass is 299 g/mol. The first kappa shape index (κ1) is 15.1. The summed E-state index contributed by atoms with van der Waals surface area (Å²) in [4.78, 5) is 16.6. The molecule has 1 aromatic heterocycles. The number of carbonyl (C=O) groups is 1. The predicted octanol–water partition coefficient (Wildman–Crippen LogP) is 2.47. The number of hydrogen-bond acceptors (Lipinski definition) is 3. The van der Waals surface area contributed by atoms with E-state index >= 15 is 0 Å². The molecule has 108 valence electrons. The zero-order valence-electron chi connectivity index (χ0n) is 11.7. The summed E-state index contributed by atoms with van der Waals surface area (Å²) in [6, 6.07) is 11.5. The van der Waals surface area contributed by atoms with Gasteiger partial charge in [-0.15, -0.1) is 0 Å². The number of amides is 1. The first-order valence-corrected chi connectivity index (χ1v) is 7.03. The SMILES string of the molecule is Cc1cnccc1NC(=O)C(Cc1ccccc1)C(N)=S. The van der Waals surface area contributed by atoms with Crippen molar-refractivity contribution in [2.24, 2.45) is 11.7 Å². The summed E-state index contributed by atoms with van der Waals surface area (Å²) >= 11 is 5.05. The fourth-order valence-electron chi connectivity index (χ4n) is 2.01. The number of rotatable bonds is 5. The van der Waals surface area contributed by atoms with Crippen LogP contribution in [0.5, 0.6) is 0 Å². The van der Waals surface area contributed by atoms with Crippen LogP contribution in [0.25, 0.3) is 0 Å². The lowest BCUT2D eigenvalue weighted by molar-refractivity contribution is -0.118. The van der Waals surface area contributed by atoms with E-state index in [4.69, 9.17) is 18.0 Å². The molecule has 1 unspecified atom stereocenters. The molecule has 3 N–H and O–H groups in total. The van der Waals surface area contributed by atoms with Crippen molar-refractivity contribution in [1.29, 1.82) is 0 Å². The van der Waals surface area contributed by atoms with Gasteiger partial charge < -0.3 is 11.1 Å². The van der Waals surface area contributed by atoms with Crippen LogP contribution in [-0.4, -0.2) is 15.9 Å². The van der Waals surface area contributed by atoms with Crippen LogP contribution in [0.3, 0.4) is 0 Å². The number of nitrogens with zero attached hydrogens (tertiary/aromatic N) is 1. The van der Waals surface area contributed by atoms with Gasteiger partial charge >= 0.3 is 0 Å². The lowest BCUT2D eigenvalue weighted by Gasteiger charge is -2.16. The number of pyridine rings is 1. The Kier molecular flexibility index (Phi) is 5.00. The van der Waals surface area contributed by atoms with Gasteiger partial charge in [0.15, 0.2) is 0 Å². The standard InChI is InChI=1S/C16H17N3OS/c1-11-10-18-8-7-14(11)19-16(20)13(15(17)21)9-12-5-3-2-4-6-12/h2-8,10,13H,9H2,1H3,(H2,17,21)(H,18,19,20). The number of aryl methyl sites for hydroxylation is 1. The highest BCUT2D eigenvalue weighted by atomic mass is 32.1. The van der Waals surface area contributed by atoms with Gasteiger partial charge in [0.25, 0.3) is 0 Å². The van der Waals surface area contributed by atoms with E-state index in [0.29, 0.717) is 6.42 Å². The molecule has 0 saturated carbocycles. The third-order valence-electron chi connectivity index (χ3n) is 3.22. The van der Waals surface area contributed by atoms with Crippen LogP contribution in [0.4, 0.5) is 5.69 Å². The Balaban J connectivity index is 2.13. The van der Waals surface area contributed by atoms with Gasteiger partial charge in [-0.2, -0.15) is 0 Å². The minimum Gasteiger partial charge on any atom is -0.393 e. The second-order valence-corrected chi connectivity index (χ2v) is 5.30. The Morgan fingerprint density at radius 1 is 1.33 bits per heavy atom. The number of thiocarbonyl (C=S) groups is 1. The van der Waals surface area contributed by atoms with E-state index in [0.717, 1.165) is 16.8 Å². The van der Waals surface area contributed by atoms with Crippen molar-refractivity contribution in [1.82, 2.24) is 4.98 Å². The van der Waals surface area contributed by atoms with Gasteiger partial charge in [-0.1, -0.05) is 42.5 Å². The number of anilines is 1. The first-order valence-electron chi connectivity index (χ1n) is 6.62. The molecule has 1 amide bonds. The van der Waals surface area contributed by atoms with Gasteiger partial charge in [0.1, 0.15) is 0 Å². The molecule has 1 atom stereocenters. The predicted molar refractivity (Wildman–Crippen MR) is 88.0 cm³/mol. The van der Waals surface area contributed by atoms with E-state index in [1.54, 1.807) is 18.5 Å². The Labute approximate surface area is 129 Å². The van der Waals surface area contributed by atoms with Gasteiger partial charge in [0, 0.05) is 18.1 Å². The number of nitrogens with two attached hydrogens (primary N) is 1. The lowest BCUT2D eigenvalue weighted by atomic mass is 9.98. The molecule has 2 rings (SSSR count). The second-order valence-electron chi connectivity index (χ2n) is 4.82. The molecule has 0 fully saturated rings. The molecule has 1 heterocycles. The molecule has 5 heteroatoms. The molecule has 0 aliphatic carbocycles. The zero-order valence-corrected chi connectivity index (χ0v) is 12.6. The summed E-state index contributed by atoms with van der Waals surface area (Å²) in [5.41, 5.74) is 8.38. The van der Waals surface area contributed by atoms with Gasteiger partial charge in [-0.25, -0.2) is 0 Å². The molecule has 0 aliphatic heterocycles. The fraction of sp³-hybridized carbons (Fsp3) is 0.188. The van der Waals surface area contributed by atoms with Crippen LogP contribution in [-0.2, 0) is 11.2 Å². The van der Waals surface area contributed by atoms with Gasteiger partial charge in [-0.3, -0.25) is 9.78 Å². The Morgan fingerprint density at radius 3 is 2.67 bits per heavy atom. The molecule has 1 aromatic carbocycles. The van der Waals surface area contributed by atoms with Gasteiger partial charge in [-0.05, 0) is 30.5 Å². The maximum Gasteiger partial charge on any atom is 0.234 e. The van der Waals surface area contributed by atoms with Crippen molar-refractivity contribution in [3.8, 4) is 0 Å².